The van der Waals surface area contributed by atoms with E-state index in [0.29, 0.717) is 33.6 Å². The van der Waals surface area contributed by atoms with Crippen molar-refractivity contribution in [3.63, 3.8) is 0 Å². The maximum atomic E-state index is 13.8. The molecule has 5 aromatic carbocycles. The Morgan fingerprint density at radius 2 is 0.795 bits per heavy atom. The minimum Gasteiger partial charge on any atom is -0.316 e. The summed E-state index contributed by atoms with van der Waals surface area (Å²) in [7, 11) is 0. The largest absolute Gasteiger partial charge is 0.416 e. The summed E-state index contributed by atoms with van der Waals surface area (Å²) in [5.74, 6) is 0. The van der Waals surface area contributed by atoms with Gasteiger partial charge in [0.15, 0.2) is 0 Å². The zero-order chi connectivity index (χ0) is 30.6. The zero-order valence-corrected chi connectivity index (χ0v) is 22.9. The van der Waals surface area contributed by atoms with Crippen LogP contribution in [-0.2, 0) is 12.4 Å². The summed E-state index contributed by atoms with van der Waals surface area (Å²) in [5, 5.41) is 1.87. The van der Waals surface area contributed by atoms with Crippen LogP contribution in [0.5, 0.6) is 0 Å². The van der Waals surface area contributed by atoms with Gasteiger partial charge in [-0.25, -0.2) is 0 Å². The van der Waals surface area contributed by atoms with Gasteiger partial charge in [0, 0.05) is 23.5 Å². The average Bonchev–Trinajstić information content (AvgIpc) is 3.64. The molecule has 0 aliphatic carbocycles. The topological polar surface area (TPSA) is 9.86 Å². The SMILES string of the molecule is FC(F)(F)c1ccc(-n2ccc3ccccc32)c(-c2ccc(-c3cc(C(F)(F)F)ccc3-n3ccc4ccccc43)cc2)c1. The van der Waals surface area contributed by atoms with Crippen molar-refractivity contribution in [2.24, 2.45) is 0 Å². The van der Waals surface area contributed by atoms with Crippen molar-refractivity contribution in [2.75, 3.05) is 0 Å². The molecule has 0 radical (unpaired) electrons. The first-order valence-corrected chi connectivity index (χ1v) is 13.7. The molecule has 0 unspecified atom stereocenters. The van der Waals surface area contributed by atoms with Crippen LogP contribution in [-0.4, -0.2) is 9.13 Å². The van der Waals surface area contributed by atoms with Crippen LogP contribution >= 0.6 is 0 Å². The molecule has 0 spiro atoms. The van der Waals surface area contributed by atoms with E-state index >= 15 is 0 Å². The van der Waals surface area contributed by atoms with E-state index in [9.17, 15) is 26.3 Å². The Bertz CT molecular complexity index is 1990. The van der Waals surface area contributed by atoms with Gasteiger partial charge in [0.25, 0.3) is 0 Å². The van der Waals surface area contributed by atoms with Gasteiger partial charge in [-0.2, -0.15) is 26.3 Å². The lowest BCUT2D eigenvalue weighted by Gasteiger charge is -2.18. The van der Waals surface area contributed by atoms with E-state index in [1.54, 1.807) is 36.7 Å². The maximum Gasteiger partial charge on any atom is 0.416 e. The summed E-state index contributed by atoms with van der Waals surface area (Å²) in [6, 6.07) is 32.7. The van der Waals surface area contributed by atoms with Gasteiger partial charge in [-0.15, -0.1) is 0 Å². The lowest BCUT2D eigenvalue weighted by molar-refractivity contribution is -0.138. The van der Waals surface area contributed by atoms with Gasteiger partial charge < -0.3 is 9.13 Å². The highest BCUT2D eigenvalue weighted by atomic mass is 19.4. The third-order valence-electron chi connectivity index (χ3n) is 7.87. The number of benzene rings is 5. The molecule has 0 amide bonds. The fourth-order valence-electron chi connectivity index (χ4n) is 5.72. The quantitative estimate of drug-likeness (QED) is 0.179. The molecular formula is C36H22F6N2. The maximum absolute atomic E-state index is 13.8. The number of rotatable bonds is 4. The second-order valence-electron chi connectivity index (χ2n) is 10.5. The predicted molar refractivity (Wildman–Crippen MR) is 161 cm³/mol. The van der Waals surface area contributed by atoms with E-state index < -0.39 is 23.5 Å². The number of aromatic nitrogens is 2. The van der Waals surface area contributed by atoms with E-state index in [0.717, 1.165) is 46.1 Å². The van der Waals surface area contributed by atoms with Crippen LogP contribution in [0.1, 0.15) is 11.1 Å². The summed E-state index contributed by atoms with van der Waals surface area (Å²) >= 11 is 0. The third kappa shape index (κ3) is 4.82. The van der Waals surface area contributed by atoms with Gasteiger partial charge in [0.05, 0.1) is 33.5 Å². The lowest BCUT2D eigenvalue weighted by atomic mass is 9.95. The van der Waals surface area contributed by atoms with Crippen molar-refractivity contribution in [2.45, 2.75) is 12.4 Å². The summed E-state index contributed by atoms with van der Waals surface area (Å²) in [5.41, 5.74) is 2.83. The molecule has 0 aliphatic rings. The second-order valence-corrected chi connectivity index (χ2v) is 10.5. The number of hydrogen-bond donors (Lipinski definition) is 0. The minimum absolute atomic E-state index is 0.341. The molecule has 0 saturated heterocycles. The van der Waals surface area contributed by atoms with Gasteiger partial charge in [0.2, 0.25) is 0 Å². The minimum atomic E-state index is -4.56. The average molecular weight is 597 g/mol. The molecule has 7 aromatic rings. The summed E-state index contributed by atoms with van der Waals surface area (Å²) in [6.45, 7) is 0. The van der Waals surface area contributed by atoms with E-state index in [2.05, 4.69) is 0 Å². The number of nitrogens with zero attached hydrogens (tertiary/aromatic N) is 2. The van der Waals surface area contributed by atoms with Crippen LogP contribution in [0.25, 0.3) is 55.4 Å². The first-order valence-electron chi connectivity index (χ1n) is 13.7. The monoisotopic (exact) mass is 596 g/mol. The van der Waals surface area contributed by atoms with Crippen molar-refractivity contribution in [1.29, 1.82) is 0 Å². The number of para-hydroxylation sites is 2. The summed E-state index contributed by atoms with van der Waals surface area (Å²) < 4.78 is 86.6. The normalized spacial score (nSPS) is 12.3. The smallest absolute Gasteiger partial charge is 0.316 e. The van der Waals surface area contributed by atoms with Crippen molar-refractivity contribution in [1.82, 2.24) is 9.13 Å². The van der Waals surface area contributed by atoms with E-state index in [1.165, 1.54) is 12.1 Å². The fraction of sp³-hybridized carbons (Fsp3) is 0.0556. The number of alkyl halides is 6. The molecule has 44 heavy (non-hydrogen) atoms. The third-order valence-corrected chi connectivity index (χ3v) is 7.87. The molecule has 0 bridgehead atoms. The Hall–Kier alpha value is -5.24. The Kier molecular flexibility index (Phi) is 6.39. The highest BCUT2D eigenvalue weighted by Crippen LogP contribution is 2.40. The fourth-order valence-corrected chi connectivity index (χ4v) is 5.72. The van der Waals surface area contributed by atoms with Gasteiger partial charge in [-0.05, 0) is 82.6 Å². The first kappa shape index (κ1) is 27.6. The lowest BCUT2D eigenvalue weighted by Crippen LogP contribution is -2.07. The highest BCUT2D eigenvalue weighted by molar-refractivity contribution is 5.87. The molecule has 0 fully saturated rings. The molecule has 0 saturated carbocycles. The molecule has 2 nitrogen and oxygen atoms in total. The van der Waals surface area contributed by atoms with Gasteiger partial charge >= 0.3 is 12.4 Å². The molecule has 218 valence electrons. The summed E-state index contributed by atoms with van der Waals surface area (Å²) in [4.78, 5) is 0. The first-order chi connectivity index (χ1) is 21.1. The van der Waals surface area contributed by atoms with Crippen LogP contribution in [0.3, 0.4) is 0 Å². The van der Waals surface area contributed by atoms with Gasteiger partial charge in [-0.3, -0.25) is 0 Å². The zero-order valence-electron chi connectivity index (χ0n) is 22.9. The number of hydrogen-bond acceptors (Lipinski definition) is 0. The van der Waals surface area contributed by atoms with Crippen molar-refractivity contribution < 1.29 is 26.3 Å². The van der Waals surface area contributed by atoms with Crippen molar-refractivity contribution >= 4 is 21.8 Å². The Labute approximate surface area is 248 Å². The van der Waals surface area contributed by atoms with Gasteiger partial charge in [0.1, 0.15) is 0 Å². The Morgan fingerprint density at radius 3 is 1.18 bits per heavy atom. The number of fused-ring (bicyclic) bond motifs is 2. The van der Waals surface area contributed by atoms with E-state index in [1.807, 2.05) is 69.8 Å². The molecule has 0 atom stereocenters. The van der Waals surface area contributed by atoms with E-state index in [-0.39, 0.29) is 0 Å². The molecule has 0 N–H and O–H groups in total. The predicted octanol–water partition coefficient (Wildman–Crippen LogP) is 10.9. The van der Waals surface area contributed by atoms with Crippen LogP contribution in [0.2, 0.25) is 0 Å². The molecule has 2 heterocycles. The molecule has 8 heteroatoms. The van der Waals surface area contributed by atoms with Crippen LogP contribution in [0.4, 0.5) is 26.3 Å². The number of halogens is 6. The van der Waals surface area contributed by atoms with Crippen LogP contribution in [0.15, 0.2) is 134 Å². The molecule has 0 aliphatic heterocycles. The molecular weight excluding hydrogens is 574 g/mol. The van der Waals surface area contributed by atoms with Crippen LogP contribution in [0, 0.1) is 0 Å². The van der Waals surface area contributed by atoms with Crippen molar-refractivity contribution in [3.05, 3.63) is 145 Å². The Balaban J connectivity index is 1.39. The van der Waals surface area contributed by atoms with Crippen molar-refractivity contribution in [3.8, 4) is 33.6 Å². The highest BCUT2D eigenvalue weighted by Gasteiger charge is 2.32. The standard InChI is InChI=1S/C36H22F6N2/c37-35(38,39)27-13-15-33(43-19-17-25-5-1-3-7-31(25)43)29(21-27)23-9-11-24(12-10-23)30-22-28(36(40,41)42)14-16-34(30)44-20-18-26-6-2-4-8-32(26)44/h1-22H. The Morgan fingerprint density at radius 1 is 0.409 bits per heavy atom. The van der Waals surface area contributed by atoms with Crippen LogP contribution < -0.4 is 0 Å². The second kappa shape index (κ2) is 10.2. The molecule has 2 aromatic heterocycles. The van der Waals surface area contributed by atoms with Gasteiger partial charge in [-0.1, -0.05) is 60.7 Å². The summed E-state index contributed by atoms with van der Waals surface area (Å²) in [6.07, 6.45) is -5.50. The van der Waals surface area contributed by atoms with E-state index in [4.69, 9.17) is 0 Å². The molecule has 7 rings (SSSR count).